The molecule has 0 aliphatic heterocycles. The summed E-state index contributed by atoms with van der Waals surface area (Å²) in [5.74, 6) is -1.02. The van der Waals surface area contributed by atoms with Crippen molar-refractivity contribution < 1.29 is 13.6 Å². The maximum Gasteiger partial charge on any atom is 0.228 e. The third-order valence-electron chi connectivity index (χ3n) is 3.88. The number of nitrogens with one attached hydrogen (secondary N) is 1. The molecule has 0 bridgehead atoms. The van der Waals surface area contributed by atoms with Crippen LogP contribution in [0.3, 0.4) is 0 Å². The highest BCUT2D eigenvalue weighted by Gasteiger charge is 2.45. The molecular weight excluding hydrogens is 272 g/mol. The van der Waals surface area contributed by atoms with Crippen molar-refractivity contribution in [1.29, 1.82) is 0 Å². The fraction of sp³-hybridized carbons (Fsp3) is 0.235. The van der Waals surface area contributed by atoms with E-state index in [4.69, 9.17) is 0 Å². The zero-order chi connectivity index (χ0) is 15.0. The van der Waals surface area contributed by atoms with Crippen LogP contribution in [0.25, 0.3) is 0 Å². The molecule has 1 aliphatic carbocycles. The number of anilines is 1. The summed E-state index contributed by atoms with van der Waals surface area (Å²) in [7, 11) is 0. The van der Waals surface area contributed by atoms with Crippen LogP contribution >= 0.6 is 0 Å². The van der Waals surface area contributed by atoms with Crippen LogP contribution < -0.4 is 5.32 Å². The Labute approximate surface area is 121 Å². The van der Waals surface area contributed by atoms with Gasteiger partial charge in [0.05, 0.1) is 0 Å². The van der Waals surface area contributed by atoms with Crippen molar-refractivity contribution in [3.05, 3.63) is 65.2 Å². The van der Waals surface area contributed by atoms with E-state index in [1.807, 2.05) is 0 Å². The Kier molecular flexibility index (Phi) is 3.45. The van der Waals surface area contributed by atoms with Crippen LogP contribution in [0.15, 0.2) is 42.5 Å². The maximum absolute atomic E-state index is 13.7. The molecule has 1 saturated carbocycles. The first-order valence-corrected chi connectivity index (χ1v) is 6.87. The number of carbonyl (C=O) groups is 1. The van der Waals surface area contributed by atoms with Gasteiger partial charge in [-0.15, -0.1) is 0 Å². The second kappa shape index (κ2) is 5.28. The maximum atomic E-state index is 13.7. The van der Waals surface area contributed by atoms with E-state index in [9.17, 15) is 13.6 Å². The van der Waals surface area contributed by atoms with Crippen molar-refractivity contribution in [3.63, 3.8) is 0 Å². The molecule has 1 N–H and O–H groups in total. The molecule has 1 aliphatic rings. The molecule has 3 rings (SSSR count). The Bertz CT molecular complexity index is 699. The number of carbonyl (C=O) groups excluding carboxylic acids is 1. The third kappa shape index (κ3) is 2.79. The standard InChI is InChI=1S/C17H15F2NO/c1-10-8-11(18)6-7-16(10)20-17(21)14-9-13(14)12-4-2-3-5-15(12)19/h2-8,13-14H,9H2,1H3,(H,20,21). The van der Waals surface area contributed by atoms with Gasteiger partial charge in [0.1, 0.15) is 11.6 Å². The SMILES string of the molecule is Cc1cc(F)ccc1NC(=O)C1CC1c1ccccc1F. The predicted molar refractivity (Wildman–Crippen MR) is 77.0 cm³/mol. The lowest BCUT2D eigenvalue weighted by atomic mass is 10.1. The predicted octanol–water partition coefficient (Wildman–Crippen LogP) is 4.02. The van der Waals surface area contributed by atoms with Gasteiger partial charge in [-0.1, -0.05) is 18.2 Å². The van der Waals surface area contributed by atoms with E-state index >= 15 is 0 Å². The van der Waals surface area contributed by atoms with Crippen LogP contribution in [-0.2, 0) is 4.79 Å². The van der Waals surface area contributed by atoms with Crippen molar-refractivity contribution in [2.24, 2.45) is 5.92 Å². The third-order valence-corrected chi connectivity index (χ3v) is 3.88. The highest BCUT2D eigenvalue weighted by Crippen LogP contribution is 2.48. The Hall–Kier alpha value is -2.23. The minimum Gasteiger partial charge on any atom is -0.326 e. The Morgan fingerprint density at radius 2 is 1.95 bits per heavy atom. The normalized spacial score (nSPS) is 20.1. The molecule has 4 heteroatoms. The van der Waals surface area contributed by atoms with E-state index in [2.05, 4.69) is 5.32 Å². The van der Waals surface area contributed by atoms with E-state index < -0.39 is 0 Å². The molecule has 2 aromatic carbocycles. The minimum absolute atomic E-state index is 0.0630. The molecule has 0 saturated heterocycles. The fourth-order valence-electron chi connectivity index (χ4n) is 2.60. The summed E-state index contributed by atoms with van der Waals surface area (Å²) in [5, 5.41) is 2.79. The summed E-state index contributed by atoms with van der Waals surface area (Å²) in [6.45, 7) is 1.74. The van der Waals surface area contributed by atoms with Crippen LogP contribution in [-0.4, -0.2) is 5.91 Å². The number of rotatable bonds is 3. The molecule has 1 fully saturated rings. The van der Waals surface area contributed by atoms with Crippen LogP contribution in [0.1, 0.15) is 23.5 Å². The van der Waals surface area contributed by atoms with Gasteiger partial charge in [-0.2, -0.15) is 0 Å². The molecule has 2 nitrogen and oxygen atoms in total. The number of hydrogen-bond acceptors (Lipinski definition) is 1. The number of benzene rings is 2. The van der Waals surface area contributed by atoms with Crippen molar-refractivity contribution in [1.82, 2.24) is 0 Å². The number of aryl methyl sites for hydroxylation is 1. The molecule has 2 aromatic rings. The summed E-state index contributed by atoms with van der Waals surface area (Å²) in [6.07, 6.45) is 0.646. The van der Waals surface area contributed by atoms with Gasteiger partial charge < -0.3 is 5.32 Å². The second-order valence-electron chi connectivity index (χ2n) is 5.42. The highest BCUT2D eigenvalue weighted by atomic mass is 19.1. The molecule has 108 valence electrons. The Balaban J connectivity index is 1.70. The first-order chi connectivity index (χ1) is 10.1. The first-order valence-electron chi connectivity index (χ1n) is 6.87. The monoisotopic (exact) mass is 287 g/mol. The molecule has 0 aromatic heterocycles. The quantitative estimate of drug-likeness (QED) is 0.907. The van der Waals surface area contributed by atoms with Crippen molar-refractivity contribution in [3.8, 4) is 0 Å². The van der Waals surface area contributed by atoms with Crippen LogP contribution in [0.5, 0.6) is 0 Å². The highest BCUT2D eigenvalue weighted by molar-refractivity contribution is 5.95. The van der Waals surface area contributed by atoms with Gasteiger partial charge in [0.15, 0.2) is 0 Å². The topological polar surface area (TPSA) is 29.1 Å². The number of halogens is 2. The van der Waals surface area contributed by atoms with E-state index in [0.29, 0.717) is 23.2 Å². The van der Waals surface area contributed by atoms with E-state index in [1.165, 1.54) is 18.2 Å². The summed E-state index contributed by atoms with van der Waals surface area (Å²) in [4.78, 5) is 12.2. The second-order valence-corrected chi connectivity index (χ2v) is 5.42. The van der Waals surface area contributed by atoms with Gasteiger partial charge in [-0.3, -0.25) is 4.79 Å². The Morgan fingerprint density at radius 1 is 1.19 bits per heavy atom. The summed E-state index contributed by atoms with van der Waals surface area (Å²) in [5.41, 5.74) is 1.86. The van der Waals surface area contributed by atoms with Gasteiger partial charge in [-0.05, 0) is 54.7 Å². The lowest BCUT2D eigenvalue weighted by Gasteiger charge is -2.08. The lowest BCUT2D eigenvalue weighted by Crippen LogP contribution is -2.15. The lowest BCUT2D eigenvalue weighted by molar-refractivity contribution is -0.117. The van der Waals surface area contributed by atoms with E-state index in [0.717, 1.165) is 0 Å². The van der Waals surface area contributed by atoms with Gasteiger partial charge >= 0.3 is 0 Å². The largest absolute Gasteiger partial charge is 0.326 e. The average molecular weight is 287 g/mol. The van der Waals surface area contributed by atoms with Crippen molar-refractivity contribution in [2.45, 2.75) is 19.3 Å². The first kappa shape index (κ1) is 13.7. The number of hydrogen-bond donors (Lipinski definition) is 1. The molecular formula is C17H15F2NO. The van der Waals surface area contributed by atoms with Crippen LogP contribution in [0.4, 0.5) is 14.5 Å². The molecule has 0 radical (unpaired) electrons. The van der Waals surface area contributed by atoms with E-state index in [1.54, 1.807) is 31.2 Å². The number of amides is 1. The zero-order valence-electron chi connectivity index (χ0n) is 11.6. The molecule has 2 unspecified atom stereocenters. The summed E-state index contributed by atoms with van der Waals surface area (Å²) >= 11 is 0. The van der Waals surface area contributed by atoms with Gasteiger partial charge in [0, 0.05) is 11.6 Å². The Morgan fingerprint density at radius 3 is 2.67 bits per heavy atom. The van der Waals surface area contributed by atoms with Gasteiger partial charge in [0.2, 0.25) is 5.91 Å². The zero-order valence-corrected chi connectivity index (χ0v) is 11.6. The van der Waals surface area contributed by atoms with Crippen LogP contribution in [0, 0.1) is 24.5 Å². The summed E-state index contributed by atoms with van der Waals surface area (Å²) in [6, 6.07) is 10.8. The summed E-state index contributed by atoms with van der Waals surface area (Å²) < 4.78 is 26.7. The fourth-order valence-corrected chi connectivity index (χ4v) is 2.60. The van der Waals surface area contributed by atoms with Crippen LogP contribution in [0.2, 0.25) is 0 Å². The van der Waals surface area contributed by atoms with E-state index in [-0.39, 0.29) is 29.4 Å². The van der Waals surface area contributed by atoms with Gasteiger partial charge in [-0.25, -0.2) is 8.78 Å². The smallest absolute Gasteiger partial charge is 0.228 e. The molecule has 1 amide bonds. The van der Waals surface area contributed by atoms with Crippen molar-refractivity contribution in [2.75, 3.05) is 5.32 Å². The minimum atomic E-state index is -0.332. The molecule has 2 atom stereocenters. The molecule has 21 heavy (non-hydrogen) atoms. The van der Waals surface area contributed by atoms with Crippen molar-refractivity contribution >= 4 is 11.6 Å². The molecule has 0 spiro atoms. The molecule has 0 heterocycles. The van der Waals surface area contributed by atoms with Gasteiger partial charge in [0.25, 0.3) is 0 Å². The average Bonchev–Trinajstić information content (AvgIpc) is 3.23.